The Bertz CT molecular complexity index is 735. The van der Waals surface area contributed by atoms with Crippen molar-refractivity contribution >= 4 is 11.9 Å². The maximum absolute atomic E-state index is 12.7. The number of imide groups is 1. The number of nitrogens with one attached hydrogen (secondary N) is 1. The van der Waals surface area contributed by atoms with Crippen molar-refractivity contribution in [3.8, 4) is 11.5 Å². The summed E-state index contributed by atoms with van der Waals surface area (Å²) in [4.78, 5) is 26.0. The number of hydrogen-bond donors (Lipinski definition) is 1. The van der Waals surface area contributed by atoms with Crippen LogP contribution in [0.15, 0.2) is 33.4 Å². The second-order valence-electron chi connectivity index (χ2n) is 6.75. The third-order valence-electron chi connectivity index (χ3n) is 4.21. The van der Waals surface area contributed by atoms with Gasteiger partial charge in [-0.15, -0.1) is 0 Å². The van der Waals surface area contributed by atoms with Gasteiger partial charge >= 0.3 is 6.03 Å². The van der Waals surface area contributed by atoms with E-state index in [9.17, 15) is 9.59 Å². The second kappa shape index (κ2) is 6.14. The first-order valence-electron chi connectivity index (χ1n) is 8.02. The van der Waals surface area contributed by atoms with Crippen molar-refractivity contribution < 1.29 is 18.5 Å². The summed E-state index contributed by atoms with van der Waals surface area (Å²) in [6.45, 7) is 6.03. The Kier molecular flexibility index (Phi) is 4.17. The first-order valence-corrected chi connectivity index (χ1v) is 8.02. The predicted octanol–water partition coefficient (Wildman–Crippen LogP) is 3.18. The van der Waals surface area contributed by atoms with E-state index in [0.29, 0.717) is 29.6 Å². The van der Waals surface area contributed by atoms with Crippen LogP contribution in [0.4, 0.5) is 4.79 Å². The van der Waals surface area contributed by atoms with Gasteiger partial charge in [0.25, 0.3) is 5.91 Å². The molecule has 3 rings (SSSR count). The van der Waals surface area contributed by atoms with Crippen LogP contribution in [-0.2, 0) is 11.3 Å². The van der Waals surface area contributed by atoms with E-state index in [2.05, 4.69) is 24.3 Å². The molecule has 0 spiro atoms. The second-order valence-corrected chi connectivity index (χ2v) is 6.75. The van der Waals surface area contributed by atoms with Gasteiger partial charge in [-0.05, 0) is 37.8 Å². The molecular formula is C17H21N3O4. The van der Waals surface area contributed by atoms with E-state index in [1.165, 1.54) is 11.2 Å². The Labute approximate surface area is 140 Å². The summed E-state index contributed by atoms with van der Waals surface area (Å²) in [7, 11) is 0. The smallest absolute Gasteiger partial charge is 0.325 e. The summed E-state index contributed by atoms with van der Waals surface area (Å²) in [5.74, 6) is 1.25. The van der Waals surface area contributed by atoms with Crippen LogP contribution in [0.2, 0.25) is 0 Å². The van der Waals surface area contributed by atoms with E-state index < -0.39 is 11.6 Å². The van der Waals surface area contributed by atoms with Gasteiger partial charge in [0.15, 0.2) is 5.76 Å². The summed E-state index contributed by atoms with van der Waals surface area (Å²) < 4.78 is 10.4. The van der Waals surface area contributed by atoms with Crippen molar-refractivity contribution in [2.45, 2.75) is 45.7 Å². The zero-order valence-corrected chi connectivity index (χ0v) is 14.0. The van der Waals surface area contributed by atoms with Crippen LogP contribution in [0.5, 0.6) is 0 Å². The molecule has 1 fully saturated rings. The van der Waals surface area contributed by atoms with Gasteiger partial charge in [-0.2, -0.15) is 0 Å². The number of rotatable bonds is 6. The fourth-order valence-corrected chi connectivity index (χ4v) is 2.72. The van der Waals surface area contributed by atoms with Gasteiger partial charge in [0.05, 0.1) is 12.8 Å². The molecule has 2 aromatic rings. The molecule has 7 nitrogen and oxygen atoms in total. The van der Waals surface area contributed by atoms with Gasteiger partial charge in [0.2, 0.25) is 5.76 Å². The van der Waals surface area contributed by atoms with Gasteiger partial charge in [-0.3, -0.25) is 9.69 Å². The minimum absolute atomic E-state index is 0.0755. The number of amides is 3. The molecule has 1 N–H and O–H groups in total. The van der Waals surface area contributed by atoms with E-state index in [-0.39, 0.29) is 12.5 Å². The third kappa shape index (κ3) is 3.06. The first kappa shape index (κ1) is 16.3. The van der Waals surface area contributed by atoms with Crippen molar-refractivity contribution in [3.05, 3.63) is 30.2 Å². The van der Waals surface area contributed by atoms with Crippen LogP contribution in [0.3, 0.4) is 0 Å². The Morgan fingerprint density at radius 3 is 2.79 bits per heavy atom. The molecule has 0 aromatic carbocycles. The highest BCUT2D eigenvalue weighted by Gasteiger charge is 2.47. The van der Waals surface area contributed by atoms with Crippen molar-refractivity contribution in [3.63, 3.8) is 0 Å². The zero-order chi connectivity index (χ0) is 17.3. The van der Waals surface area contributed by atoms with Crippen LogP contribution in [-0.4, -0.2) is 27.5 Å². The van der Waals surface area contributed by atoms with Crippen LogP contribution < -0.4 is 5.32 Å². The summed E-state index contributed by atoms with van der Waals surface area (Å²) in [5.41, 5.74) is -0.354. The van der Waals surface area contributed by atoms with Gasteiger partial charge in [-0.1, -0.05) is 19.0 Å². The molecule has 2 aromatic heterocycles. The molecule has 1 saturated heterocycles. The van der Waals surface area contributed by atoms with E-state index >= 15 is 0 Å². The number of carbonyl (C=O) groups excluding carboxylic acids is 2. The number of hydrogen-bond acceptors (Lipinski definition) is 5. The lowest BCUT2D eigenvalue weighted by molar-refractivity contribution is -0.131. The Balaban J connectivity index is 1.71. The maximum atomic E-state index is 12.7. The molecule has 0 aliphatic carbocycles. The lowest BCUT2D eigenvalue weighted by Crippen LogP contribution is -2.44. The van der Waals surface area contributed by atoms with E-state index in [1.54, 1.807) is 25.1 Å². The monoisotopic (exact) mass is 331 g/mol. The minimum atomic E-state index is -0.852. The average Bonchev–Trinajstić information content (AvgIpc) is 3.23. The van der Waals surface area contributed by atoms with Gasteiger partial charge in [0, 0.05) is 6.07 Å². The zero-order valence-electron chi connectivity index (χ0n) is 14.0. The molecule has 0 radical (unpaired) electrons. The highest BCUT2D eigenvalue weighted by molar-refractivity contribution is 6.06. The Hall–Kier alpha value is -2.57. The normalized spacial score (nSPS) is 20.9. The summed E-state index contributed by atoms with van der Waals surface area (Å²) in [5, 5.41) is 6.72. The fourth-order valence-electron chi connectivity index (χ4n) is 2.72. The van der Waals surface area contributed by atoms with Crippen molar-refractivity contribution in [2.75, 3.05) is 0 Å². The summed E-state index contributed by atoms with van der Waals surface area (Å²) in [6.07, 6.45) is 3.01. The van der Waals surface area contributed by atoms with E-state index in [1.807, 2.05) is 0 Å². The van der Waals surface area contributed by atoms with Gasteiger partial charge in [-0.25, -0.2) is 4.79 Å². The molecular weight excluding hydrogens is 310 g/mol. The standard InChI is InChI=1S/C17H21N3O4/c1-11(2)6-7-17(3)15(21)20(16(22)18-17)10-12-9-14(24-19-12)13-5-4-8-23-13/h4-5,8-9,11H,6-7,10H2,1-3H3,(H,18,22). The molecule has 3 amide bonds. The molecule has 1 aliphatic heterocycles. The lowest BCUT2D eigenvalue weighted by Gasteiger charge is -2.22. The fraction of sp³-hybridized carbons (Fsp3) is 0.471. The highest BCUT2D eigenvalue weighted by Crippen LogP contribution is 2.27. The van der Waals surface area contributed by atoms with Gasteiger partial charge < -0.3 is 14.3 Å². The molecule has 128 valence electrons. The van der Waals surface area contributed by atoms with Crippen LogP contribution in [0.1, 0.15) is 39.3 Å². The molecule has 1 unspecified atom stereocenters. The lowest BCUT2D eigenvalue weighted by atomic mass is 9.92. The number of aromatic nitrogens is 1. The molecule has 1 aliphatic rings. The molecule has 3 heterocycles. The van der Waals surface area contributed by atoms with Crippen LogP contribution >= 0.6 is 0 Å². The van der Waals surface area contributed by atoms with Crippen molar-refractivity contribution in [2.24, 2.45) is 5.92 Å². The molecule has 7 heteroatoms. The Morgan fingerprint density at radius 1 is 1.33 bits per heavy atom. The molecule has 0 saturated carbocycles. The van der Waals surface area contributed by atoms with Crippen LogP contribution in [0.25, 0.3) is 11.5 Å². The quantitative estimate of drug-likeness (QED) is 0.821. The van der Waals surface area contributed by atoms with E-state index in [4.69, 9.17) is 8.94 Å². The Morgan fingerprint density at radius 2 is 2.12 bits per heavy atom. The SMILES string of the molecule is CC(C)CCC1(C)NC(=O)N(Cc2cc(-c3ccco3)on2)C1=O. The minimum Gasteiger partial charge on any atom is -0.461 e. The van der Waals surface area contributed by atoms with Crippen LogP contribution in [0, 0.1) is 5.92 Å². The first-order chi connectivity index (χ1) is 11.4. The van der Waals surface area contributed by atoms with E-state index in [0.717, 1.165) is 6.42 Å². The largest absolute Gasteiger partial charge is 0.461 e. The number of furan rings is 1. The number of urea groups is 1. The molecule has 0 bridgehead atoms. The topological polar surface area (TPSA) is 88.6 Å². The number of nitrogens with zero attached hydrogens (tertiary/aromatic N) is 2. The number of carbonyl (C=O) groups is 2. The average molecular weight is 331 g/mol. The van der Waals surface area contributed by atoms with Crippen molar-refractivity contribution in [1.82, 2.24) is 15.4 Å². The summed E-state index contributed by atoms with van der Waals surface area (Å²) >= 11 is 0. The maximum Gasteiger partial charge on any atom is 0.325 e. The molecule has 1 atom stereocenters. The summed E-state index contributed by atoms with van der Waals surface area (Å²) in [6, 6.07) is 4.77. The molecule has 24 heavy (non-hydrogen) atoms. The highest BCUT2D eigenvalue weighted by atomic mass is 16.5. The third-order valence-corrected chi connectivity index (χ3v) is 4.21. The van der Waals surface area contributed by atoms with Crippen molar-refractivity contribution in [1.29, 1.82) is 0 Å². The van der Waals surface area contributed by atoms with Gasteiger partial charge in [0.1, 0.15) is 11.2 Å². The predicted molar refractivity (Wildman–Crippen MR) is 85.8 cm³/mol.